The summed E-state index contributed by atoms with van der Waals surface area (Å²) in [5.74, 6) is -0.497. The molecule has 0 amide bonds. The minimum Gasteiger partial charge on any atom is -0.461 e. The van der Waals surface area contributed by atoms with Gasteiger partial charge in [0.1, 0.15) is 23.3 Å². The van der Waals surface area contributed by atoms with E-state index in [1.807, 2.05) is 38.4 Å². The van der Waals surface area contributed by atoms with Gasteiger partial charge in [-0.25, -0.2) is 9.59 Å². The fraction of sp³-hybridized carbons (Fsp3) is 0.657. The number of nitrogens with zero attached hydrogens (tertiary/aromatic N) is 4. The number of carbonyl (C=O) groups excluding carboxylic acids is 2. The van der Waals surface area contributed by atoms with Crippen molar-refractivity contribution < 1.29 is 19.1 Å². The highest BCUT2D eigenvalue weighted by Gasteiger charge is 2.15. The molecule has 240 valence electrons. The minimum absolute atomic E-state index is 0.00436. The van der Waals surface area contributed by atoms with Crippen LogP contribution in [0, 0.1) is 34.5 Å². The molecule has 0 aromatic rings. The normalized spacial score (nSPS) is 13.4. The lowest BCUT2D eigenvalue weighted by atomic mass is 10.0. The van der Waals surface area contributed by atoms with E-state index in [1.54, 1.807) is 12.2 Å². The van der Waals surface area contributed by atoms with Gasteiger partial charge in [-0.15, -0.1) is 0 Å². The maximum absolute atomic E-state index is 12.4. The summed E-state index contributed by atoms with van der Waals surface area (Å²) in [6.45, 7) is 16.4. The summed E-state index contributed by atoms with van der Waals surface area (Å²) < 4.78 is 10.8. The average Bonchev–Trinajstić information content (AvgIpc) is 3.03. The van der Waals surface area contributed by atoms with Crippen molar-refractivity contribution in [3.63, 3.8) is 0 Å². The summed E-state index contributed by atoms with van der Waals surface area (Å²) in [6.07, 6.45) is 19.4. The predicted octanol–water partition coefficient (Wildman–Crippen LogP) is 7.47. The number of esters is 2. The molecule has 0 bridgehead atoms. The Bertz CT molecular complexity index is 909. The van der Waals surface area contributed by atoms with E-state index in [0.29, 0.717) is 25.0 Å². The van der Waals surface area contributed by atoms with Crippen molar-refractivity contribution in [2.24, 2.45) is 11.8 Å². The number of ether oxygens (including phenoxy) is 2. The average molecular weight is 597 g/mol. The van der Waals surface area contributed by atoms with Crippen LogP contribution in [-0.4, -0.2) is 61.1 Å². The second-order valence-corrected chi connectivity index (χ2v) is 10.7. The number of hydrogen-bond donors (Lipinski definition) is 0. The van der Waals surface area contributed by atoms with Crippen molar-refractivity contribution in [1.29, 1.82) is 10.5 Å². The first-order valence-corrected chi connectivity index (χ1v) is 16.2. The Morgan fingerprint density at radius 3 is 1.37 bits per heavy atom. The summed E-state index contributed by atoms with van der Waals surface area (Å²) in [6, 6.07) is 3.91. The van der Waals surface area contributed by atoms with E-state index >= 15 is 0 Å². The molecule has 43 heavy (non-hydrogen) atoms. The lowest BCUT2D eigenvalue weighted by molar-refractivity contribution is -0.140. The van der Waals surface area contributed by atoms with E-state index in [2.05, 4.69) is 37.5 Å². The van der Waals surface area contributed by atoms with Gasteiger partial charge in [0.15, 0.2) is 0 Å². The van der Waals surface area contributed by atoms with Crippen LogP contribution in [0.15, 0.2) is 47.9 Å². The van der Waals surface area contributed by atoms with E-state index in [0.717, 1.165) is 84.0 Å². The van der Waals surface area contributed by atoms with E-state index in [1.165, 1.54) is 12.2 Å². The number of allylic oxidation sites excluding steroid dienone is 4. The van der Waals surface area contributed by atoms with Gasteiger partial charge in [0.25, 0.3) is 0 Å². The molecular formula is C35H56N4O4. The van der Waals surface area contributed by atoms with Crippen LogP contribution in [0.2, 0.25) is 0 Å². The molecule has 0 aromatic carbocycles. The third-order valence-electron chi connectivity index (χ3n) is 7.49. The van der Waals surface area contributed by atoms with Gasteiger partial charge >= 0.3 is 11.9 Å². The van der Waals surface area contributed by atoms with Crippen LogP contribution in [-0.2, 0) is 19.1 Å². The quantitative estimate of drug-likeness (QED) is 0.0489. The van der Waals surface area contributed by atoms with E-state index in [9.17, 15) is 20.1 Å². The largest absolute Gasteiger partial charge is 0.461 e. The molecule has 0 aliphatic carbocycles. The first-order valence-electron chi connectivity index (χ1n) is 16.2. The predicted molar refractivity (Wildman–Crippen MR) is 173 cm³/mol. The van der Waals surface area contributed by atoms with Gasteiger partial charge in [-0.3, -0.25) is 0 Å². The second kappa shape index (κ2) is 26.1. The summed E-state index contributed by atoms with van der Waals surface area (Å²) in [5, 5.41) is 18.8. The van der Waals surface area contributed by atoms with Crippen LogP contribution in [0.5, 0.6) is 0 Å². The summed E-state index contributed by atoms with van der Waals surface area (Å²) >= 11 is 0. The zero-order valence-corrected chi connectivity index (χ0v) is 27.6. The van der Waals surface area contributed by atoms with Crippen molar-refractivity contribution in [2.45, 2.75) is 99.3 Å². The molecule has 0 saturated carbocycles. The third-order valence-corrected chi connectivity index (χ3v) is 7.49. The van der Waals surface area contributed by atoms with Crippen molar-refractivity contribution >= 4 is 11.9 Å². The number of carbonyl (C=O) groups is 2. The highest BCUT2D eigenvalue weighted by Crippen LogP contribution is 2.15. The Kier molecular flexibility index (Phi) is 24.0. The molecule has 0 radical (unpaired) electrons. The molecule has 0 spiro atoms. The smallest absolute Gasteiger partial charge is 0.348 e. The minimum atomic E-state index is -0.575. The maximum Gasteiger partial charge on any atom is 0.348 e. The Labute approximate surface area is 261 Å². The number of hydrogen-bond acceptors (Lipinski definition) is 8. The molecule has 2 atom stereocenters. The molecule has 0 aromatic heterocycles. The van der Waals surface area contributed by atoms with Gasteiger partial charge in [0.2, 0.25) is 0 Å². The van der Waals surface area contributed by atoms with Crippen LogP contribution in [0.1, 0.15) is 99.3 Å². The highest BCUT2D eigenvalue weighted by molar-refractivity contribution is 5.93. The molecule has 8 heteroatoms. The van der Waals surface area contributed by atoms with E-state index in [-0.39, 0.29) is 11.1 Å². The van der Waals surface area contributed by atoms with Crippen LogP contribution in [0.25, 0.3) is 0 Å². The standard InChI is InChI=1S/C35H56N4O4/c1-7-13-18-30(9-3)28-42-34(40)32(26-36)20-15-22-38(11-5)24-17-25-39(12-6)23-16-21-33(27-37)35(41)43-29-31(10-4)19-14-8-2/h15-16,20-23,30-31H,7-14,17-19,24-25,28-29H2,1-6H3/b22-15+,23-16+,32-20-,33-21-. The van der Waals surface area contributed by atoms with E-state index < -0.39 is 11.9 Å². The Balaban J connectivity index is 4.88. The number of rotatable bonds is 24. The van der Waals surface area contributed by atoms with Gasteiger partial charge in [-0.05, 0) is 81.6 Å². The van der Waals surface area contributed by atoms with Gasteiger partial charge in [0, 0.05) is 26.2 Å². The fourth-order valence-electron chi connectivity index (χ4n) is 4.32. The Morgan fingerprint density at radius 1 is 0.674 bits per heavy atom. The fourth-order valence-corrected chi connectivity index (χ4v) is 4.32. The van der Waals surface area contributed by atoms with Gasteiger partial charge < -0.3 is 19.3 Å². The van der Waals surface area contributed by atoms with Crippen molar-refractivity contribution in [3.8, 4) is 12.1 Å². The SMILES string of the molecule is CCCCC(CC)COC(=O)/C(C#N)=C\C=C\N(CC)CCCN(/C=C/C=C(/C#N)C(=O)OCC(CC)CCCC)CC. The third kappa shape index (κ3) is 18.6. The molecule has 0 rings (SSSR count). The highest BCUT2D eigenvalue weighted by atomic mass is 16.5. The molecule has 0 aliphatic heterocycles. The molecular weight excluding hydrogens is 540 g/mol. The molecule has 0 N–H and O–H groups in total. The second-order valence-electron chi connectivity index (χ2n) is 10.7. The van der Waals surface area contributed by atoms with Crippen LogP contribution in [0.3, 0.4) is 0 Å². The van der Waals surface area contributed by atoms with Crippen molar-refractivity contribution in [2.75, 3.05) is 39.4 Å². The van der Waals surface area contributed by atoms with Crippen LogP contribution in [0.4, 0.5) is 0 Å². The van der Waals surface area contributed by atoms with Gasteiger partial charge in [-0.1, -0.05) is 66.2 Å². The monoisotopic (exact) mass is 596 g/mol. The summed E-state index contributed by atoms with van der Waals surface area (Å²) in [7, 11) is 0. The van der Waals surface area contributed by atoms with Gasteiger partial charge in [-0.2, -0.15) is 10.5 Å². The topological polar surface area (TPSA) is 107 Å². The molecule has 2 unspecified atom stereocenters. The van der Waals surface area contributed by atoms with Gasteiger partial charge in [0.05, 0.1) is 13.2 Å². The van der Waals surface area contributed by atoms with Crippen LogP contribution >= 0.6 is 0 Å². The van der Waals surface area contributed by atoms with Crippen molar-refractivity contribution in [1.82, 2.24) is 9.80 Å². The Morgan fingerprint density at radius 2 is 1.07 bits per heavy atom. The zero-order valence-electron chi connectivity index (χ0n) is 27.6. The molecule has 0 fully saturated rings. The maximum atomic E-state index is 12.4. The first-order chi connectivity index (χ1) is 20.8. The van der Waals surface area contributed by atoms with Crippen molar-refractivity contribution in [3.05, 3.63) is 47.9 Å². The molecule has 0 saturated heterocycles. The first kappa shape index (κ1) is 39.5. The molecule has 0 aliphatic rings. The molecule has 0 heterocycles. The zero-order chi connectivity index (χ0) is 32.3. The van der Waals surface area contributed by atoms with Crippen LogP contribution < -0.4 is 0 Å². The lowest BCUT2D eigenvalue weighted by Crippen LogP contribution is -2.24. The summed E-state index contributed by atoms with van der Waals surface area (Å²) in [4.78, 5) is 29.0. The number of nitriles is 2. The lowest BCUT2D eigenvalue weighted by Gasteiger charge is -2.22. The molecule has 8 nitrogen and oxygen atoms in total. The van der Waals surface area contributed by atoms with E-state index in [4.69, 9.17) is 9.47 Å². The number of unbranched alkanes of at least 4 members (excludes halogenated alkanes) is 2. The Hall–Kier alpha value is -3.52. The summed E-state index contributed by atoms with van der Waals surface area (Å²) in [5.41, 5.74) is -0.00872.